The zero-order valence-electron chi connectivity index (χ0n) is 19.5. The minimum absolute atomic E-state index is 0.225. The lowest BCUT2D eigenvalue weighted by Crippen LogP contribution is -2.33. The van der Waals surface area contributed by atoms with Gasteiger partial charge in [0.05, 0.1) is 0 Å². The van der Waals surface area contributed by atoms with E-state index < -0.39 is 0 Å². The van der Waals surface area contributed by atoms with Crippen molar-refractivity contribution in [3.63, 3.8) is 0 Å². The highest BCUT2D eigenvalue weighted by atomic mass is 16.2. The Hall–Kier alpha value is -3.01. The molecule has 0 aliphatic carbocycles. The molecular weight excluding hydrogens is 394 g/mol. The Morgan fingerprint density at radius 3 is 2.19 bits per heavy atom. The van der Waals surface area contributed by atoms with Gasteiger partial charge in [-0.3, -0.25) is 14.8 Å². The Morgan fingerprint density at radius 2 is 1.47 bits per heavy atom. The average molecular weight is 430 g/mol. The number of anilines is 1. The molecule has 0 saturated heterocycles. The van der Waals surface area contributed by atoms with Crippen molar-refractivity contribution in [2.24, 2.45) is 0 Å². The normalized spacial score (nSPS) is 10.8. The molecular formula is C28H35N3O. The molecule has 0 unspecified atom stereocenters. The fourth-order valence-electron chi connectivity index (χ4n) is 4.22. The first kappa shape index (κ1) is 23.6. The fraction of sp³-hybridized carbons (Fsp3) is 0.393. The molecule has 4 heteroatoms. The van der Waals surface area contributed by atoms with Gasteiger partial charge in [-0.15, -0.1) is 0 Å². The van der Waals surface area contributed by atoms with Crippen molar-refractivity contribution in [3.05, 3.63) is 89.5 Å². The minimum atomic E-state index is 0.225. The highest BCUT2D eigenvalue weighted by Gasteiger charge is 2.18. The van der Waals surface area contributed by atoms with E-state index in [1.54, 1.807) is 6.20 Å². The second kappa shape index (κ2) is 12.7. The Bertz CT molecular complexity index is 937. The topological polar surface area (TPSA) is 46.1 Å². The summed E-state index contributed by atoms with van der Waals surface area (Å²) in [6, 6.07) is 14.5. The van der Waals surface area contributed by atoms with Crippen molar-refractivity contribution in [2.45, 2.75) is 65.2 Å². The molecule has 2 heterocycles. The van der Waals surface area contributed by atoms with E-state index in [1.165, 1.54) is 35.1 Å². The fourth-order valence-corrected chi connectivity index (χ4v) is 4.22. The number of pyridine rings is 2. The van der Waals surface area contributed by atoms with Crippen molar-refractivity contribution >= 4 is 11.6 Å². The van der Waals surface area contributed by atoms with Gasteiger partial charge in [-0.05, 0) is 86.4 Å². The molecule has 32 heavy (non-hydrogen) atoms. The largest absolute Gasteiger partial charge is 0.312 e. The Morgan fingerprint density at radius 1 is 0.750 bits per heavy atom. The number of carbonyl (C=O) groups is 1. The first-order chi connectivity index (χ1) is 15.6. The van der Waals surface area contributed by atoms with E-state index in [4.69, 9.17) is 0 Å². The van der Waals surface area contributed by atoms with Gasteiger partial charge in [0, 0.05) is 43.4 Å². The molecule has 4 nitrogen and oxygen atoms in total. The van der Waals surface area contributed by atoms with Crippen LogP contribution < -0.4 is 4.90 Å². The van der Waals surface area contributed by atoms with Crippen LogP contribution in [0.15, 0.2) is 67.3 Å². The molecule has 0 atom stereocenters. The molecule has 1 aromatic carbocycles. The maximum absolute atomic E-state index is 13.2. The standard InChI is InChI=1S/C28H35N3O/c1-23-10-7-11-24(2)28(23)31(27(32)15-8-13-26-14-9-18-30-22-26)21-6-4-3-5-12-25-16-19-29-20-17-25/h7,9-11,14,16-20,22H,3-6,8,12-13,15,21H2,1-2H3. The summed E-state index contributed by atoms with van der Waals surface area (Å²) in [6.07, 6.45) is 15.3. The summed E-state index contributed by atoms with van der Waals surface area (Å²) in [5.74, 6) is 0.225. The summed E-state index contributed by atoms with van der Waals surface area (Å²) in [6.45, 7) is 4.99. The Labute approximate surface area is 192 Å². The molecule has 1 amide bonds. The highest BCUT2D eigenvalue weighted by molar-refractivity contribution is 5.94. The molecule has 168 valence electrons. The molecule has 3 rings (SSSR count). The number of rotatable bonds is 12. The number of carbonyl (C=O) groups excluding carboxylic acids is 1. The van der Waals surface area contributed by atoms with Crippen LogP contribution >= 0.6 is 0 Å². The van der Waals surface area contributed by atoms with Crippen LogP contribution in [0.2, 0.25) is 0 Å². The maximum Gasteiger partial charge on any atom is 0.227 e. The zero-order chi connectivity index (χ0) is 22.6. The minimum Gasteiger partial charge on any atom is -0.312 e. The van der Waals surface area contributed by atoms with Gasteiger partial charge in [0.2, 0.25) is 5.91 Å². The van der Waals surface area contributed by atoms with Crippen LogP contribution in [0.5, 0.6) is 0 Å². The third kappa shape index (κ3) is 7.30. The third-order valence-electron chi connectivity index (χ3n) is 5.94. The number of aryl methyl sites for hydroxylation is 4. The monoisotopic (exact) mass is 429 g/mol. The van der Waals surface area contributed by atoms with Crippen LogP contribution in [0, 0.1) is 13.8 Å². The van der Waals surface area contributed by atoms with E-state index in [0.29, 0.717) is 6.42 Å². The van der Waals surface area contributed by atoms with Gasteiger partial charge < -0.3 is 4.90 Å². The van der Waals surface area contributed by atoms with Crippen molar-refractivity contribution in [1.29, 1.82) is 0 Å². The lowest BCUT2D eigenvalue weighted by molar-refractivity contribution is -0.118. The molecule has 3 aromatic rings. The first-order valence-corrected chi connectivity index (χ1v) is 11.8. The van der Waals surface area contributed by atoms with Gasteiger partial charge in [-0.1, -0.05) is 37.1 Å². The number of benzene rings is 1. The second-order valence-electron chi connectivity index (χ2n) is 8.52. The van der Waals surface area contributed by atoms with E-state index in [1.807, 2.05) is 29.6 Å². The molecule has 0 fully saturated rings. The van der Waals surface area contributed by atoms with Gasteiger partial charge >= 0.3 is 0 Å². The van der Waals surface area contributed by atoms with Crippen molar-refractivity contribution < 1.29 is 4.79 Å². The van der Waals surface area contributed by atoms with Crippen LogP contribution in [0.1, 0.15) is 60.8 Å². The van der Waals surface area contributed by atoms with Crippen LogP contribution in [-0.2, 0) is 17.6 Å². The average Bonchev–Trinajstić information content (AvgIpc) is 2.81. The Kier molecular flexibility index (Phi) is 9.42. The maximum atomic E-state index is 13.2. The smallest absolute Gasteiger partial charge is 0.227 e. The van der Waals surface area contributed by atoms with E-state index in [0.717, 1.165) is 44.3 Å². The van der Waals surface area contributed by atoms with E-state index in [9.17, 15) is 4.79 Å². The van der Waals surface area contributed by atoms with Crippen molar-refractivity contribution in [3.8, 4) is 0 Å². The predicted octanol–water partition coefficient (Wildman–Crippen LogP) is 6.25. The van der Waals surface area contributed by atoms with E-state index in [2.05, 4.69) is 60.2 Å². The van der Waals surface area contributed by atoms with Gasteiger partial charge in [0.25, 0.3) is 0 Å². The van der Waals surface area contributed by atoms with Crippen molar-refractivity contribution in [2.75, 3.05) is 11.4 Å². The summed E-state index contributed by atoms with van der Waals surface area (Å²) >= 11 is 0. The number of unbranched alkanes of at least 4 members (excludes halogenated alkanes) is 3. The molecule has 2 aromatic heterocycles. The molecule has 0 saturated carbocycles. The number of para-hydroxylation sites is 1. The molecule has 0 radical (unpaired) electrons. The summed E-state index contributed by atoms with van der Waals surface area (Å²) in [5, 5.41) is 0. The quantitative estimate of drug-likeness (QED) is 0.320. The molecule has 0 bridgehead atoms. The first-order valence-electron chi connectivity index (χ1n) is 11.8. The summed E-state index contributed by atoms with van der Waals surface area (Å²) in [7, 11) is 0. The van der Waals surface area contributed by atoms with Crippen LogP contribution in [0.3, 0.4) is 0 Å². The lowest BCUT2D eigenvalue weighted by Gasteiger charge is -2.26. The summed E-state index contributed by atoms with van der Waals surface area (Å²) in [4.78, 5) is 23.5. The van der Waals surface area contributed by atoms with Crippen molar-refractivity contribution in [1.82, 2.24) is 9.97 Å². The van der Waals surface area contributed by atoms with Crippen LogP contribution in [0.25, 0.3) is 0 Å². The predicted molar refractivity (Wildman–Crippen MR) is 132 cm³/mol. The third-order valence-corrected chi connectivity index (χ3v) is 5.94. The number of aromatic nitrogens is 2. The molecule has 0 aliphatic heterocycles. The SMILES string of the molecule is Cc1cccc(C)c1N(CCCCCCc1ccncc1)C(=O)CCCc1cccnc1. The molecule has 0 aliphatic rings. The summed E-state index contributed by atoms with van der Waals surface area (Å²) in [5.41, 5.74) is 5.97. The van der Waals surface area contributed by atoms with Gasteiger partial charge in [0.1, 0.15) is 0 Å². The zero-order valence-corrected chi connectivity index (χ0v) is 19.5. The van der Waals surface area contributed by atoms with E-state index >= 15 is 0 Å². The number of hydrogen-bond donors (Lipinski definition) is 0. The second-order valence-corrected chi connectivity index (χ2v) is 8.52. The molecule has 0 spiro atoms. The number of amides is 1. The number of nitrogens with zero attached hydrogens (tertiary/aromatic N) is 3. The molecule has 0 N–H and O–H groups in total. The summed E-state index contributed by atoms with van der Waals surface area (Å²) < 4.78 is 0. The van der Waals surface area contributed by atoms with Crippen LogP contribution in [0.4, 0.5) is 5.69 Å². The van der Waals surface area contributed by atoms with Gasteiger partial charge in [0.15, 0.2) is 0 Å². The highest BCUT2D eigenvalue weighted by Crippen LogP contribution is 2.26. The van der Waals surface area contributed by atoms with Gasteiger partial charge in [-0.25, -0.2) is 0 Å². The lowest BCUT2D eigenvalue weighted by atomic mass is 10.0. The van der Waals surface area contributed by atoms with E-state index in [-0.39, 0.29) is 5.91 Å². The van der Waals surface area contributed by atoms with Gasteiger partial charge in [-0.2, -0.15) is 0 Å². The number of hydrogen-bond acceptors (Lipinski definition) is 3. The van der Waals surface area contributed by atoms with Crippen LogP contribution in [-0.4, -0.2) is 22.4 Å². The Balaban J connectivity index is 1.53.